The van der Waals surface area contributed by atoms with Crippen LogP contribution in [0.15, 0.2) is 54.6 Å². The Morgan fingerprint density at radius 3 is 1.43 bits per heavy atom. The minimum atomic E-state index is -1.66. The zero-order valence-corrected chi connectivity index (χ0v) is 41.0. The lowest BCUT2D eigenvalue weighted by molar-refractivity contribution is -0.140. The summed E-state index contributed by atoms with van der Waals surface area (Å²) < 4.78 is 0. The summed E-state index contributed by atoms with van der Waals surface area (Å²) in [5.41, 5.74) is 6.29. The Kier molecular flexibility index (Phi) is 26.3. The number of phenolic OH excluding ortho intramolecular Hbond substituents is 1. The first kappa shape index (κ1) is 60.8. The van der Waals surface area contributed by atoms with E-state index in [-0.39, 0.29) is 30.8 Å². The second-order valence-corrected chi connectivity index (χ2v) is 17.8. The number of carboxylic acids is 3. The predicted molar refractivity (Wildman–Crippen MR) is 258 cm³/mol. The molecule has 0 saturated heterocycles. The molecule has 0 unspecified atom stereocenters. The fraction of sp³-hybridized carbons (Fsp3) is 0.500. The standard InChI is InChI=1S/C46H65N9O16S/c1-24(2)38(45(70)53-32(40(65)48-23-37(63)64)21-27-10-12-28(57)13-11-27)55-43(68)30(15-17-36(61)62)49-44(69)33(20-26-8-6-5-7-9-26)52-42(67)31(18-19-72-4)50-41(66)29(14-16-35(59)60)51-46(71)39(25(3)56)54-34(58)22-47/h5-13,24-25,29-33,38-39,56-57H,14-23,47H2,1-4H3,(H,48,65)(H,49,69)(H,50,66)(H,51,71)(H,52,67)(H,53,70)(H,54,58)(H,55,68)(H,59,60)(H,61,62)(H,63,64)/t25-,29+,30+,31+,32+,33+,38+,39+/m1/s1. The number of rotatable bonds is 32. The van der Waals surface area contributed by atoms with E-state index in [4.69, 9.17) is 10.8 Å². The lowest BCUT2D eigenvalue weighted by Crippen LogP contribution is -2.61. The summed E-state index contributed by atoms with van der Waals surface area (Å²) in [6.07, 6.45) is -2.56. The molecule has 72 heavy (non-hydrogen) atoms. The largest absolute Gasteiger partial charge is 0.508 e. The molecular weight excluding hydrogens is 967 g/mol. The third-order valence-corrected chi connectivity index (χ3v) is 11.3. The van der Waals surface area contributed by atoms with Crippen LogP contribution in [0.4, 0.5) is 0 Å². The number of aromatic hydroxyl groups is 1. The van der Waals surface area contributed by atoms with Crippen molar-refractivity contribution >= 4 is 76.9 Å². The van der Waals surface area contributed by atoms with E-state index in [9.17, 15) is 73.2 Å². The first-order valence-corrected chi connectivity index (χ1v) is 24.1. The average molecular weight is 1030 g/mol. The summed E-state index contributed by atoms with van der Waals surface area (Å²) in [7, 11) is 0. The second-order valence-electron chi connectivity index (χ2n) is 16.8. The number of carboxylic acid groups (broad SMARTS) is 3. The monoisotopic (exact) mass is 1030 g/mol. The number of thioether (sulfide) groups is 1. The van der Waals surface area contributed by atoms with E-state index in [1.165, 1.54) is 43.0 Å². The Balaban J connectivity index is 2.48. The van der Waals surface area contributed by atoms with Crippen molar-refractivity contribution < 1.29 is 78.3 Å². The molecular formula is C46H65N9O16S. The van der Waals surface area contributed by atoms with E-state index in [2.05, 4.69) is 42.5 Å². The molecule has 8 amide bonds. The molecule has 2 aromatic rings. The third kappa shape index (κ3) is 22.2. The molecule has 0 spiro atoms. The van der Waals surface area contributed by atoms with Crippen LogP contribution >= 0.6 is 11.8 Å². The van der Waals surface area contributed by atoms with Crippen molar-refractivity contribution in [3.63, 3.8) is 0 Å². The smallest absolute Gasteiger partial charge is 0.322 e. The molecule has 15 N–H and O–H groups in total. The molecule has 0 fully saturated rings. The van der Waals surface area contributed by atoms with E-state index < -0.39 is 158 Å². The first-order valence-electron chi connectivity index (χ1n) is 22.7. The number of nitrogens with one attached hydrogen (secondary N) is 8. The Hall–Kier alpha value is -7.32. The number of carbonyl (C=O) groups is 11. The number of aliphatic hydroxyl groups excluding tert-OH is 1. The maximum Gasteiger partial charge on any atom is 0.322 e. The van der Waals surface area contributed by atoms with Gasteiger partial charge in [-0.3, -0.25) is 52.7 Å². The van der Waals surface area contributed by atoms with E-state index in [0.717, 1.165) is 0 Å². The molecule has 0 bridgehead atoms. The van der Waals surface area contributed by atoms with Crippen LogP contribution in [0.2, 0.25) is 0 Å². The Labute approximate surface area is 419 Å². The maximum absolute atomic E-state index is 14.3. The van der Waals surface area contributed by atoms with Crippen LogP contribution in [0.25, 0.3) is 0 Å². The molecule has 0 aromatic heterocycles. The van der Waals surface area contributed by atoms with Gasteiger partial charge in [0.05, 0.1) is 12.6 Å². The fourth-order valence-electron chi connectivity index (χ4n) is 6.77. The summed E-state index contributed by atoms with van der Waals surface area (Å²) in [5, 5.41) is 67.3. The van der Waals surface area contributed by atoms with Crippen molar-refractivity contribution in [1.82, 2.24) is 42.5 Å². The summed E-state index contributed by atoms with van der Waals surface area (Å²) in [6, 6.07) is 3.18. The highest BCUT2D eigenvalue weighted by Gasteiger charge is 2.36. The molecule has 396 valence electrons. The minimum Gasteiger partial charge on any atom is -0.508 e. The van der Waals surface area contributed by atoms with Gasteiger partial charge < -0.3 is 73.8 Å². The number of carbonyl (C=O) groups excluding carboxylic acids is 8. The molecule has 2 rings (SSSR count). The topological polar surface area (TPSA) is 411 Å². The number of benzene rings is 2. The molecule has 8 atom stereocenters. The van der Waals surface area contributed by atoms with Crippen molar-refractivity contribution in [1.29, 1.82) is 0 Å². The van der Waals surface area contributed by atoms with Crippen LogP contribution in [0, 0.1) is 5.92 Å². The summed E-state index contributed by atoms with van der Waals surface area (Å²) in [6.45, 7) is 2.94. The number of aliphatic hydroxyl groups is 1. The van der Waals surface area contributed by atoms with Gasteiger partial charge in [-0.15, -0.1) is 0 Å². The lowest BCUT2D eigenvalue weighted by atomic mass is 9.99. The molecule has 25 nitrogen and oxygen atoms in total. The number of aliphatic carboxylic acids is 3. The van der Waals surface area contributed by atoms with E-state index in [1.807, 2.05) is 0 Å². The fourth-order valence-corrected chi connectivity index (χ4v) is 7.24. The van der Waals surface area contributed by atoms with Crippen molar-refractivity contribution in [3.05, 3.63) is 65.7 Å². The average Bonchev–Trinajstić information content (AvgIpc) is 3.32. The normalized spacial score (nSPS) is 14.3. The lowest BCUT2D eigenvalue weighted by Gasteiger charge is -2.29. The van der Waals surface area contributed by atoms with Crippen molar-refractivity contribution in [2.24, 2.45) is 11.7 Å². The molecule has 0 aliphatic carbocycles. The van der Waals surface area contributed by atoms with Gasteiger partial charge >= 0.3 is 17.9 Å². The Bertz CT molecular complexity index is 2200. The number of phenols is 1. The number of hydrogen-bond donors (Lipinski definition) is 14. The maximum atomic E-state index is 14.3. The SMILES string of the molecule is CSCC[C@H](NC(=O)[C@H](CCC(=O)O)NC(=O)[C@@H](NC(=O)CN)[C@@H](C)O)C(=O)N[C@@H](Cc1ccccc1)C(=O)N[C@@H](CCC(=O)O)C(=O)N[C@H](C(=O)N[C@@H](Cc1ccc(O)cc1)C(=O)NCC(=O)O)C(C)C. The van der Waals surface area contributed by atoms with Crippen molar-refractivity contribution in [2.75, 3.05) is 25.1 Å². The highest BCUT2D eigenvalue weighted by molar-refractivity contribution is 7.98. The molecule has 0 radical (unpaired) electrons. The van der Waals surface area contributed by atoms with Crippen LogP contribution in [0.3, 0.4) is 0 Å². The highest BCUT2D eigenvalue weighted by atomic mass is 32.2. The van der Waals surface area contributed by atoms with Crippen LogP contribution in [-0.4, -0.2) is 164 Å². The van der Waals surface area contributed by atoms with Gasteiger partial charge in [0.2, 0.25) is 47.3 Å². The molecule has 26 heteroatoms. The number of hydrogen-bond acceptors (Lipinski definition) is 15. The van der Waals surface area contributed by atoms with E-state index >= 15 is 0 Å². The molecule has 0 aliphatic rings. The minimum absolute atomic E-state index is 0.0693. The molecule has 0 heterocycles. The van der Waals surface area contributed by atoms with Crippen LogP contribution in [-0.2, 0) is 65.6 Å². The summed E-state index contributed by atoms with van der Waals surface area (Å²) >= 11 is 1.28. The molecule has 0 saturated carbocycles. The Morgan fingerprint density at radius 1 is 0.528 bits per heavy atom. The first-order chi connectivity index (χ1) is 33.9. The van der Waals surface area contributed by atoms with Gasteiger partial charge in [0.25, 0.3) is 0 Å². The Morgan fingerprint density at radius 2 is 0.958 bits per heavy atom. The zero-order valence-electron chi connectivity index (χ0n) is 40.2. The quantitative estimate of drug-likeness (QED) is 0.0353. The van der Waals surface area contributed by atoms with Crippen molar-refractivity contribution in [2.45, 2.75) is 114 Å². The predicted octanol–water partition coefficient (Wildman–Crippen LogP) is -2.75. The van der Waals surface area contributed by atoms with Gasteiger partial charge in [-0.1, -0.05) is 56.3 Å². The van der Waals surface area contributed by atoms with E-state index in [0.29, 0.717) is 11.1 Å². The third-order valence-electron chi connectivity index (χ3n) is 10.7. The van der Waals surface area contributed by atoms with Gasteiger partial charge in [0, 0.05) is 25.7 Å². The highest BCUT2D eigenvalue weighted by Crippen LogP contribution is 2.14. The van der Waals surface area contributed by atoms with Gasteiger partial charge in [-0.2, -0.15) is 11.8 Å². The van der Waals surface area contributed by atoms with Gasteiger partial charge in [-0.05, 0) is 67.4 Å². The van der Waals surface area contributed by atoms with Crippen LogP contribution in [0.5, 0.6) is 5.75 Å². The van der Waals surface area contributed by atoms with Crippen LogP contribution < -0.4 is 48.3 Å². The van der Waals surface area contributed by atoms with Gasteiger partial charge in [0.1, 0.15) is 54.6 Å². The van der Waals surface area contributed by atoms with E-state index in [1.54, 1.807) is 50.4 Å². The molecule has 2 aromatic carbocycles. The van der Waals surface area contributed by atoms with Crippen LogP contribution in [0.1, 0.15) is 64.0 Å². The number of amides is 8. The summed E-state index contributed by atoms with van der Waals surface area (Å²) in [4.78, 5) is 143. The second kappa shape index (κ2) is 31.1. The van der Waals surface area contributed by atoms with Gasteiger partial charge in [0.15, 0.2) is 0 Å². The van der Waals surface area contributed by atoms with Gasteiger partial charge in [-0.25, -0.2) is 0 Å². The summed E-state index contributed by atoms with van der Waals surface area (Å²) in [5.74, 6) is -12.3. The van der Waals surface area contributed by atoms with Crippen molar-refractivity contribution in [3.8, 4) is 5.75 Å². The number of nitrogens with two attached hydrogens (primary N) is 1. The molecule has 0 aliphatic heterocycles. The zero-order chi connectivity index (χ0) is 54.1.